The molecule has 0 aromatic carbocycles. The summed E-state index contributed by atoms with van der Waals surface area (Å²) in [5, 5.41) is 0. The summed E-state index contributed by atoms with van der Waals surface area (Å²) >= 11 is 0. The summed E-state index contributed by atoms with van der Waals surface area (Å²) in [7, 11) is -10.7. The van der Waals surface area contributed by atoms with Gasteiger partial charge < -0.3 is 0 Å². The predicted molar refractivity (Wildman–Crippen MR) is 46.2 cm³/mol. The molecule has 0 saturated heterocycles. The van der Waals surface area contributed by atoms with E-state index in [1.165, 1.54) is 0 Å². The summed E-state index contributed by atoms with van der Waals surface area (Å²) in [5.41, 5.74) is -10.6. The first-order chi connectivity index (χ1) is 6.50. The Bertz CT molecular complexity index is 380. The van der Waals surface area contributed by atoms with Gasteiger partial charge in [-0.25, -0.2) is 18.0 Å². The molecule has 0 aromatic heterocycles. The topological polar surface area (TPSA) is 122 Å². The van der Waals surface area contributed by atoms with Gasteiger partial charge in [-0.05, 0) is 0 Å². The second-order valence-electron chi connectivity index (χ2n) is 1.94. The van der Waals surface area contributed by atoms with Crippen molar-refractivity contribution in [3.05, 3.63) is 0 Å². The molecule has 2 unspecified atom stereocenters. The molecule has 0 fully saturated rings. The molecule has 4 N–H and O–H groups in total. The molecule has 0 aromatic rings. The average Bonchev–Trinajstić information content (AvgIpc) is 1.77. The van der Waals surface area contributed by atoms with Crippen molar-refractivity contribution < 1.29 is 43.9 Å². The summed E-state index contributed by atoms with van der Waals surface area (Å²) in [5.74, 6) is 0. The van der Waals surface area contributed by atoms with Gasteiger partial charge in [0.1, 0.15) is 0 Å². The van der Waals surface area contributed by atoms with Gasteiger partial charge in [0.25, 0.3) is 20.0 Å². The van der Waals surface area contributed by atoms with Gasteiger partial charge in [0, 0.05) is 0 Å². The molecule has 0 heterocycles. The van der Waals surface area contributed by atoms with E-state index in [2.05, 4.69) is 0 Å². The van der Waals surface area contributed by atoms with Crippen LogP contribution in [0.2, 0.25) is 0 Å². The first-order valence-electron chi connectivity index (χ1n) is 2.65. The van der Waals surface area contributed by atoms with Gasteiger partial charge in [-0.3, -0.25) is 9.11 Å². The zero-order valence-electron chi connectivity index (χ0n) is 6.80. The zero-order valence-corrected chi connectivity index (χ0v) is 8.43. The van der Waals surface area contributed by atoms with Crippen molar-refractivity contribution in [3.8, 4) is 0 Å². The van der Waals surface area contributed by atoms with Crippen LogP contribution in [0.3, 0.4) is 0 Å². The molecule has 0 saturated carbocycles. The van der Waals surface area contributed by atoms with E-state index in [1.807, 2.05) is 0 Å². The Balaban J connectivity index is -0.000000218. The maximum atomic E-state index is 10.8. The monoisotopic (exact) mass is 306 g/mol. The minimum absolute atomic E-state index is 0. The Morgan fingerprint density at radius 1 is 0.765 bits per heavy atom. The van der Waals surface area contributed by atoms with Crippen molar-refractivity contribution >= 4 is 38.9 Å². The van der Waals surface area contributed by atoms with E-state index in [-0.39, 0.29) is 18.9 Å². The van der Waals surface area contributed by atoms with Gasteiger partial charge in [0.05, 0.1) is 0 Å². The summed E-state index contributed by atoms with van der Waals surface area (Å²) in [4.78, 5) is 0. The summed E-state index contributed by atoms with van der Waals surface area (Å²) in [6.07, 6.45) is 0. The standard InChI is InChI=1S/2CH2F3NO2S.Li.H/c2*2-1(3,4)8(5,6)7;;/h2*(H2,5,6,7);;. The Morgan fingerprint density at radius 3 is 0.824 bits per heavy atom. The molecule has 6 nitrogen and oxygen atoms in total. The van der Waals surface area contributed by atoms with Gasteiger partial charge >= 0.3 is 29.9 Å². The van der Waals surface area contributed by atoms with Gasteiger partial charge in [0.15, 0.2) is 0 Å². The van der Waals surface area contributed by atoms with Gasteiger partial charge in [-0.1, -0.05) is 0 Å². The zero-order chi connectivity index (χ0) is 14.0. The first kappa shape index (κ1) is 22.2. The number of hydrogen-bond donors (Lipinski definition) is 4. The number of halogens is 6. The third-order valence-electron chi connectivity index (χ3n) is 0.627. The molecule has 0 bridgehead atoms. The van der Waals surface area contributed by atoms with Crippen molar-refractivity contribution in [1.82, 2.24) is 0 Å². The fraction of sp³-hybridized carbons (Fsp3) is 1.00. The molecule has 0 amide bonds. The van der Waals surface area contributed by atoms with Gasteiger partial charge in [0.2, 0.25) is 0 Å². The van der Waals surface area contributed by atoms with Gasteiger partial charge in [-0.15, -0.1) is 0 Å². The molecule has 102 valence electrons. The fourth-order valence-electron chi connectivity index (χ4n) is 0. The second kappa shape index (κ2) is 6.25. The van der Waals surface area contributed by atoms with Crippen molar-refractivity contribution in [2.75, 3.05) is 0 Å². The summed E-state index contributed by atoms with van der Waals surface area (Å²) in [6, 6.07) is 0. The van der Waals surface area contributed by atoms with E-state index < -0.39 is 31.0 Å². The molecular formula is C2H5F6LiN2O4S2. The molecule has 2 atom stereocenters. The van der Waals surface area contributed by atoms with Crippen LogP contribution in [0.15, 0.2) is 0 Å². The van der Waals surface area contributed by atoms with Crippen LogP contribution >= 0.6 is 0 Å². The number of nitrogens with one attached hydrogen (secondary N) is 2. The summed E-state index contributed by atoms with van der Waals surface area (Å²) < 4.78 is 110. The molecule has 0 aliphatic rings. The molecule has 17 heavy (non-hydrogen) atoms. The molecule has 0 aliphatic carbocycles. The third kappa shape index (κ3) is 9.68. The molecule has 0 spiro atoms. The minimum atomic E-state index is -5.34. The Kier molecular flexibility index (Phi) is 8.16. The number of hydrogen-bond acceptors (Lipinski definition) is 4. The fourth-order valence-corrected chi connectivity index (χ4v) is 0. The molecular weight excluding hydrogens is 301 g/mol. The Morgan fingerprint density at radius 2 is 0.824 bits per heavy atom. The Labute approximate surface area is 104 Å². The third-order valence-corrected chi connectivity index (χ3v) is 1.88. The molecule has 15 heteroatoms. The first-order valence-corrected chi connectivity index (χ1v) is 5.68. The van der Waals surface area contributed by atoms with E-state index in [0.29, 0.717) is 0 Å². The molecule has 0 radical (unpaired) electrons. The van der Waals surface area contributed by atoms with Crippen LogP contribution in [-0.2, 0) is 20.0 Å². The van der Waals surface area contributed by atoms with Crippen molar-refractivity contribution in [3.63, 3.8) is 0 Å². The molecule has 0 aliphatic heterocycles. The van der Waals surface area contributed by atoms with Crippen LogP contribution in [0.25, 0.3) is 0 Å². The normalized spacial score (nSPS) is 18.8. The van der Waals surface area contributed by atoms with Crippen molar-refractivity contribution in [2.45, 2.75) is 11.0 Å². The SMILES string of the molecule is N=S(=O)(O)C(F)(F)F.N=S(=O)(O)C(F)(F)F.[LiH]. The second-order valence-corrected chi connectivity index (χ2v) is 4.97. The van der Waals surface area contributed by atoms with E-state index in [1.54, 1.807) is 0 Å². The summed E-state index contributed by atoms with van der Waals surface area (Å²) in [6.45, 7) is 0. The van der Waals surface area contributed by atoms with E-state index >= 15 is 0 Å². The number of rotatable bonds is 0. The van der Waals surface area contributed by atoms with Crippen LogP contribution in [0.5, 0.6) is 0 Å². The van der Waals surface area contributed by atoms with Crippen LogP contribution in [-0.4, -0.2) is 47.4 Å². The average molecular weight is 306 g/mol. The van der Waals surface area contributed by atoms with E-state index in [4.69, 9.17) is 18.7 Å². The maximum absolute atomic E-state index is 10.8. The number of alkyl halides is 6. The molecule has 0 rings (SSSR count). The van der Waals surface area contributed by atoms with Crippen LogP contribution in [0, 0.1) is 9.56 Å². The van der Waals surface area contributed by atoms with Crippen molar-refractivity contribution in [2.24, 2.45) is 0 Å². The predicted octanol–water partition coefficient (Wildman–Crippen LogP) is 1.40. The quantitative estimate of drug-likeness (QED) is 0.399. The van der Waals surface area contributed by atoms with Crippen LogP contribution < -0.4 is 0 Å². The van der Waals surface area contributed by atoms with Crippen molar-refractivity contribution in [1.29, 1.82) is 9.56 Å². The van der Waals surface area contributed by atoms with E-state index in [9.17, 15) is 34.8 Å². The van der Waals surface area contributed by atoms with E-state index in [0.717, 1.165) is 0 Å². The Hall–Kier alpha value is -0.00260. The van der Waals surface area contributed by atoms with Gasteiger partial charge in [-0.2, -0.15) is 26.3 Å². The van der Waals surface area contributed by atoms with Crippen LogP contribution in [0.1, 0.15) is 0 Å². The van der Waals surface area contributed by atoms with Crippen LogP contribution in [0.4, 0.5) is 26.3 Å².